The first-order chi connectivity index (χ1) is 8.66. The molecule has 0 spiro atoms. The average Bonchev–Trinajstić information content (AvgIpc) is 2.85. The zero-order valence-electron chi connectivity index (χ0n) is 10.4. The van der Waals surface area contributed by atoms with Crippen molar-refractivity contribution in [1.29, 1.82) is 0 Å². The summed E-state index contributed by atoms with van der Waals surface area (Å²) in [4.78, 5) is 3.20. The Morgan fingerprint density at radius 3 is 2.78 bits per heavy atom. The van der Waals surface area contributed by atoms with Crippen LogP contribution in [0.3, 0.4) is 0 Å². The summed E-state index contributed by atoms with van der Waals surface area (Å²) in [5, 5.41) is 0. The third kappa shape index (κ3) is 3.80. The van der Waals surface area contributed by atoms with Crippen molar-refractivity contribution in [2.24, 2.45) is 0 Å². The number of nitrogens with zero attached hydrogens (tertiary/aromatic N) is 1. The van der Waals surface area contributed by atoms with E-state index in [1.165, 1.54) is 25.9 Å². The van der Waals surface area contributed by atoms with Crippen molar-refractivity contribution in [1.82, 2.24) is 4.90 Å². The normalized spacial score (nSPS) is 18.1. The van der Waals surface area contributed by atoms with Crippen molar-refractivity contribution in [2.45, 2.75) is 24.2 Å². The van der Waals surface area contributed by atoms with E-state index in [2.05, 4.69) is 20.8 Å². The van der Waals surface area contributed by atoms with E-state index in [1.54, 1.807) is 6.07 Å². The first-order valence-corrected chi connectivity index (χ1v) is 8.44. The number of nitrogens with two attached hydrogens (primary N) is 1. The Balaban J connectivity index is 1.85. The molecule has 2 rings (SSSR count). The van der Waals surface area contributed by atoms with Gasteiger partial charge >= 0.3 is 0 Å². The van der Waals surface area contributed by atoms with Gasteiger partial charge in [0.05, 0.1) is 15.7 Å². The van der Waals surface area contributed by atoms with E-state index >= 15 is 0 Å². The molecule has 1 heterocycles. The average molecular weight is 331 g/mol. The van der Waals surface area contributed by atoms with E-state index in [9.17, 15) is 4.21 Å². The van der Waals surface area contributed by atoms with Gasteiger partial charge in [0, 0.05) is 15.9 Å². The second-order valence-corrected chi connectivity index (χ2v) is 7.09. The smallest absolute Gasteiger partial charge is 0.0628 e. The monoisotopic (exact) mass is 330 g/mol. The summed E-state index contributed by atoms with van der Waals surface area (Å²) >= 11 is 3.39. The number of hydrogen-bond acceptors (Lipinski definition) is 3. The fraction of sp³-hybridized carbons (Fsp3) is 0.538. The van der Waals surface area contributed by atoms with Crippen LogP contribution in [-0.4, -0.2) is 34.5 Å². The summed E-state index contributed by atoms with van der Waals surface area (Å²) in [5.74, 6) is 0.692. The van der Waals surface area contributed by atoms with Gasteiger partial charge in [-0.05, 0) is 57.1 Å². The third-order valence-corrected chi connectivity index (χ3v) is 5.22. The quantitative estimate of drug-likeness (QED) is 0.844. The van der Waals surface area contributed by atoms with Crippen LogP contribution in [0.5, 0.6) is 0 Å². The second kappa shape index (κ2) is 6.68. The van der Waals surface area contributed by atoms with Gasteiger partial charge < -0.3 is 10.6 Å². The lowest BCUT2D eigenvalue weighted by Gasteiger charge is -2.14. The summed E-state index contributed by atoms with van der Waals surface area (Å²) in [7, 11) is -0.987. The van der Waals surface area contributed by atoms with Gasteiger partial charge in [-0.2, -0.15) is 0 Å². The molecule has 0 amide bonds. The number of halogens is 1. The van der Waals surface area contributed by atoms with Gasteiger partial charge in [0.2, 0.25) is 0 Å². The number of anilines is 1. The van der Waals surface area contributed by atoms with Crippen LogP contribution >= 0.6 is 15.9 Å². The van der Waals surface area contributed by atoms with E-state index in [0.29, 0.717) is 11.4 Å². The van der Waals surface area contributed by atoms with Crippen LogP contribution in [0.4, 0.5) is 5.69 Å². The van der Waals surface area contributed by atoms with Gasteiger partial charge in [-0.15, -0.1) is 0 Å². The molecule has 3 nitrogen and oxygen atoms in total. The molecule has 1 aromatic rings. The molecule has 0 aromatic heterocycles. The van der Waals surface area contributed by atoms with E-state index in [4.69, 9.17) is 5.73 Å². The lowest BCUT2D eigenvalue weighted by Crippen LogP contribution is -2.21. The van der Waals surface area contributed by atoms with Gasteiger partial charge in [0.25, 0.3) is 0 Å². The summed E-state index contributed by atoms with van der Waals surface area (Å²) in [6.07, 6.45) is 3.59. The Morgan fingerprint density at radius 2 is 2.06 bits per heavy atom. The predicted octanol–water partition coefficient (Wildman–Crippen LogP) is 2.62. The van der Waals surface area contributed by atoms with Gasteiger partial charge in [-0.1, -0.05) is 15.9 Å². The molecule has 1 aliphatic heterocycles. The number of benzene rings is 1. The highest BCUT2D eigenvalue weighted by atomic mass is 79.9. The van der Waals surface area contributed by atoms with Crippen molar-refractivity contribution < 1.29 is 4.21 Å². The highest BCUT2D eigenvalue weighted by Gasteiger charge is 2.13. The maximum absolute atomic E-state index is 12.2. The summed E-state index contributed by atoms with van der Waals surface area (Å²) in [6, 6.07) is 5.54. The third-order valence-electron chi connectivity index (χ3n) is 3.22. The maximum atomic E-state index is 12.2. The predicted molar refractivity (Wildman–Crippen MR) is 80.1 cm³/mol. The molecule has 2 N–H and O–H groups in total. The molecule has 1 aliphatic rings. The molecule has 1 unspecified atom stereocenters. The Kier molecular flexibility index (Phi) is 5.21. The minimum absolute atomic E-state index is 0.623. The summed E-state index contributed by atoms with van der Waals surface area (Å²) in [6.45, 7) is 3.46. The van der Waals surface area contributed by atoms with Crippen LogP contribution in [0.2, 0.25) is 0 Å². The molecule has 1 aromatic carbocycles. The Morgan fingerprint density at radius 1 is 1.33 bits per heavy atom. The van der Waals surface area contributed by atoms with E-state index in [1.807, 2.05) is 12.1 Å². The Bertz CT molecular complexity index is 433. The first-order valence-electron chi connectivity index (χ1n) is 6.32. The number of hydrogen-bond donors (Lipinski definition) is 1. The van der Waals surface area contributed by atoms with E-state index in [-0.39, 0.29) is 0 Å². The standard InChI is InChI=1S/C13H19BrN2OS/c14-11-4-5-12(15)13(10-11)18(17)9-3-8-16-6-1-2-7-16/h4-5,10H,1-3,6-9,15H2. The van der Waals surface area contributed by atoms with Gasteiger partial charge in [0.15, 0.2) is 0 Å². The molecule has 0 radical (unpaired) electrons. The molecular formula is C13H19BrN2OS. The van der Waals surface area contributed by atoms with Crippen LogP contribution in [-0.2, 0) is 10.8 Å². The molecule has 1 fully saturated rings. The Hall–Kier alpha value is -0.390. The van der Waals surface area contributed by atoms with Crippen molar-refractivity contribution in [2.75, 3.05) is 31.1 Å². The van der Waals surface area contributed by atoms with Crippen LogP contribution < -0.4 is 5.73 Å². The SMILES string of the molecule is Nc1ccc(Br)cc1S(=O)CCCN1CCCC1. The van der Waals surface area contributed by atoms with Gasteiger partial charge in [-0.25, -0.2) is 0 Å². The summed E-state index contributed by atoms with van der Waals surface area (Å²) in [5.41, 5.74) is 6.48. The van der Waals surface area contributed by atoms with Crippen LogP contribution in [0, 0.1) is 0 Å². The zero-order chi connectivity index (χ0) is 13.0. The lowest BCUT2D eigenvalue weighted by molar-refractivity contribution is 0.340. The van der Waals surface area contributed by atoms with Crippen LogP contribution in [0.1, 0.15) is 19.3 Å². The summed E-state index contributed by atoms with van der Waals surface area (Å²) < 4.78 is 13.1. The molecule has 18 heavy (non-hydrogen) atoms. The Labute approximate surface area is 119 Å². The van der Waals surface area contributed by atoms with Crippen LogP contribution in [0.25, 0.3) is 0 Å². The molecule has 0 bridgehead atoms. The zero-order valence-corrected chi connectivity index (χ0v) is 12.8. The molecule has 5 heteroatoms. The number of nitrogen functional groups attached to an aromatic ring is 1. The number of rotatable bonds is 5. The largest absolute Gasteiger partial charge is 0.398 e. The fourth-order valence-corrected chi connectivity index (χ4v) is 3.95. The minimum Gasteiger partial charge on any atom is -0.398 e. The molecule has 1 atom stereocenters. The molecule has 0 saturated carbocycles. The van der Waals surface area contributed by atoms with Crippen molar-refractivity contribution >= 4 is 32.4 Å². The van der Waals surface area contributed by atoms with Gasteiger partial charge in [0.1, 0.15) is 0 Å². The second-order valence-electron chi connectivity index (χ2n) is 4.63. The first kappa shape index (κ1) is 14.0. The molecule has 0 aliphatic carbocycles. The lowest BCUT2D eigenvalue weighted by atomic mass is 10.3. The van der Waals surface area contributed by atoms with Crippen molar-refractivity contribution in [3.8, 4) is 0 Å². The van der Waals surface area contributed by atoms with Crippen molar-refractivity contribution in [3.05, 3.63) is 22.7 Å². The van der Waals surface area contributed by atoms with Gasteiger partial charge in [-0.3, -0.25) is 4.21 Å². The van der Waals surface area contributed by atoms with E-state index in [0.717, 1.165) is 22.3 Å². The molecule has 100 valence electrons. The topological polar surface area (TPSA) is 46.3 Å². The van der Waals surface area contributed by atoms with E-state index < -0.39 is 10.8 Å². The molecule has 1 saturated heterocycles. The fourth-order valence-electron chi connectivity index (χ4n) is 2.24. The minimum atomic E-state index is -0.987. The van der Waals surface area contributed by atoms with Crippen molar-refractivity contribution in [3.63, 3.8) is 0 Å². The molecular weight excluding hydrogens is 312 g/mol. The van der Waals surface area contributed by atoms with Crippen LogP contribution in [0.15, 0.2) is 27.6 Å². The highest BCUT2D eigenvalue weighted by Crippen LogP contribution is 2.22. The maximum Gasteiger partial charge on any atom is 0.0628 e. The highest BCUT2D eigenvalue weighted by molar-refractivity contribution is 9.10. The number of likely N-dealkylation sites (tertiary alicyclic amines) is 1.